The minimum Gasteiger partial charge on any atom is -0.488 e. The van der Waals surface area contributed by atoms with Crippen molar-refractivity contribution in [3.63, 3.8) is 0 Å². The van der Waals surface area contributed by atoms with Gasteiger partial charge in [-0.1, -0.05) is 18.2 Å². The maximum atomic E-state index is 12.4. The van der Waals surface area contributed by atoms with Gasteiger partial charge in [0.25, 0.3) is 0 Å². The van der Waals surface area contributed by atoms with E-state index in [1.54, 1.807) is 6.20 Å². The van der Waals surface area contributed by atoms with Crippen LogP contribution in [0.25, 0.3) is 11.5 Å². The second-order valence-corrected chi connectivity index (χ2v) is 11.0. The first-order valence-corrected chi connectivity index (χ1v) is 13.5. The van der Waals surface area contributed by atoms with E-state index in [1.165, 1.54) is 16.0 Å². The molecule has 3 aliphatic rings. The van der Waals surface area contributed by atoms with E-state index in [-0.39, 0.29) is 24.0 Å². The predicted molar refractivity (Wildman–Crippen MR) is 145 cm³/mol. The zero-order valence-corrected chi connectivity index (χ0v) is 22.6. The van der Waals surface area contributed by atoms with E-state index in [2.05, 4.69) is 47.2 Å². The van der Waals surface area contributed by atoms with Gasteiger partial charge in [0.15, 0.2) is 5.82 Å². The fourth-order valence-electron chi connectivity index (χ4n) is 5.64. The zero-order chi connectivity index (χ0) is 27.1. The van der Waals surface area contributed by atoms with E-state index in [0.29, 0.717) is 24.8 Å². The number of benzene rings is 1. The fourth-order valence-corrected chi connectivity index (χ4v) is 5.64. The van der Waals surface area contributed by atoms with E-state index in [1.807, 2.05) is 29.8 Å². The van der Waals surface area contributed by atoms with Gasteiger partial charge in [-0.2, -0.15) is 0 Å². The molecule has 0 bridgehead atoms. The molecule has 0 aliphatic carbocycles. The van der Waals surface area contributed by atoms with Gasteiger partial charge in [-0.05, 0) is 56.0 Å². The number of amides is 3. The number of imidazole rings is 1. The maximum Gasteiger partial charge on any atom is 0.329 e. The lowest BCUT2D eigenvalue weighted by Gasteiger charge is -2.32. The van der Waals surface area contributed by atoms with Crippen molar-refractivity contribution in [1.29, 1.82) is 0 Å². The molecule has 2 saturated heterocycles. The molecule has 3 amide bonds. The van der Waals surface area contributed by atoms with E-state index < -0.39 is 6.03 Å². The number of nitrogens with zero attached hydrogens (tertiary/aromatic N) is 5. The molecule has 1 aromatic carbocycles. The molecule has 0 spiro atoms. The van der Waals surface area contributed by atoms with Gasteiger partial charge in [0.1, 0.15) is 23.4 Å². The summed E-state index contributed by atoms with van der Waals surface area (Å²) >= 11 is 0. The van der Waals surface area contributed by atoms with Crippen LogP contribution in [-0.4, -0.2) is 57.2 Å². The van der Waals surface area contributed by atoms with Crippen LogP contribution in [0.2, 0.25) is 0 Å². The summed E-state index contributed by atoms with van der Waals surface area (Å²) in [6, 6.07) is 12.1. The van der Waals surface area contributed by atoms with Crippen LogP contribution in [0.4, 0.5) is 10.6 Å². The molecule has 10 heteroatoms. The number of urea groups is 1. The van der Waals surface area contributed by atoms with Crippen molar-refractivity contribution in [2.45, 2.75) is 57.8 Å². The van der Waals surface area contributed by atoms with Gasteiger partial charge in [-0.25, -0.2) is 14.8 Å². The Morgan fingerprint density at radius 3 is 2.72 bits per heavy atom. The Hall–Kier alpha value is -3.76. The summed E-state index contributed by atoms with van der Waals surface area (Å²) in [4.78, 5) is 37.5. The van der Waals surface area contributed by atoms with Gasteiger partial charge in [-0.15, -0.1) is 0 Å². The van der Waals surface area contributed by atoms with Crippen molar-refractivity contribution in [1.82, 2.24) is 24.8 Å². The Morgan fingerprint density at radius 2 is 1.97 bits per heavy atom. The van der Waals surface area contributed by atoms with Crippen LogP contribution in [0, 0.1) is 0 Å². The fraction of sp³-hybridized carbons (Fsp3) is 0.448. The third kappa shape index (κ3) is 4.90. The quantitative estimate of drug-likeness (QED) is 0.518. The molecule has 0 radical (unpaired) electrons. The van der Waals surface area contributed by atoms with Crippen LogP contribution in [0.5, 0.6) is 5.75 Å². The number of hydrogen-bond donors (Lipinski definition) is 1. The highest BCUT2D eigenvalue weighted by Gasteiger charge is 2.39. The number of hydrogen-bond acceptors (Lipinski definition) is 7. The topological polar surface area (TPSA) is 102 Å². The number of pyridine rings is 1. The Morgan fingerprint density at radius 1 is 1.15 bits per heavy atom. The minimum atomic E-state index is -0.429. The normalized spacial score (nSPS) is 21.1. The largest absolute Gasteiger partial charge is 0.488 e. The number of carbonyl (C=O) groups excluding carboxylic acids is 2. The van der Waals surface area contributed by atoms with Gasteiger partial charge in [-0.3, -0.25) is 19.9 Å². The average Bonchev–Trinajstić information content (AvgIpc) is 3.42. The minimum absolute atomic E-state index is 0.132. The number of anilines is 1. The number of fused-ring (bicyclic) bond motifs is 1. The van der Waals surface area contributed by atoms with Crippen LogP contribution in [-0.2, 0) is 35.2 Å². The SMILES string of the molecule is Cn1c(N2CCC(=O)NC2=O)cnc1-c1ccc2c(n1)C(C)(C)N(Cc1ccc(O[C@@H]3CCCOC3)cc1)C2. The summed E-state index contributed by atoms with van der Waals surface area (Å²) in [6.07, 6.45) is 4.13. The lowest BCUT2D eigenvalue weighted by molar-refractivity contribution is -0.120. The highest BCUT2D eigenvalue weighted by molar-refractivity contribution is 6.05. The summed E-state index contributed by atoms with van der Waals surface area (Å²) in [5, 5.41) is 2.37. The van der Waals surface area contributed by atoms with Crippen molar-refractivity contribution in [3.05, 3.63) is 59.4 Å². The first kappa shape index (κ1) is 25.5. The van der Waals surface area contributed by atoms with Gasteiger partial charge < -0.3 is 14.0 Å². The molecular weight excluding hydrogens is 496 g/mol. The second-order valence-electron chi connectivity index (χ2n) is 11.0. The summed E-state index contributed by atoms with van der Waals surface area (Å²) in [5.41, 5.74) is 3.92. The smallest absolute Gasteiger partial charge is 0.329 e. The summed E-state index contributed by atoms with van der Waals surface area (Å²) in [7, 11) is 1.86. The molecule has 2 fully saturated rings. The molecule has 204 valence electrons. The molecule has 2 aromatic heterocycles. The number of rotatable bonds is 6. The Bertz CT molecular complexity index is 1390. The average molecular weight is 531 g/mol. The van der Waals surface area contributed by atoms with Crippen molar-refractivity contribution in [2.24, 2.45) is 7.05 Å². The second kappa shape index (κ2) is 10.1. The zero-order valence-electron chi connectivity index (χ0n) is 22.6. The molecule has 10 nitrogen and oxygen atoms in total. The van der Waals surface area contributed by atoms with Crippen molar-refractivity contribution in [2.75, 3.05) is 24.7 Å². The highest BCUT2D eigenvalue weighted by atomic mass is 16.5. The third-order valence-corrected chi connectivity index (χ3v) is 7.95. The monoisotopic (exact) mass is 530 g/mol. The summed E-state index contributed by atoms with van der Waals surface area (Å²) < 4.78 is 13.5. The lowest BCUT2D eigenvalue weighted by atomic mass is 9.98. The first-order valence-electron chi connectivity index (χ1n) is 13.5. The maximum absolute atomic E-state index is 12.4. The molecule has 1 N–H and O–H groups in total. The number of imide groups is 1. The summed E-state index contributed by atoms with van der Waals surface area (Å²) in [5.74, 6) is 1.92. The van der Waals surface area contributed by atoms with Gasteiger partial charge in [0.2, 0.25) is 5.91 Å². The van der Waals surface area contributed by atoms with E-state index >= 15 is 0 Å². The van der Waals surface area contributed by atoms with Crippen molar-refractivity contribution in [3.8, 4) is 17.3 Å². The van der Waals surface area contributed by atoms with Crippen molar-refractivity contribution < 1.29 is 19.1 Å². The third-order valence-electron chi connectivity index (χ3n) is 7.95. The van der Waals surface area contributed by atoms with Crippen molar-refractivity contribution >= 4 is 17.8 Å². The van der Waals surface area contributed by atoms with Crippen LogP contribution in [0.15, 0.2) is 42.6 Å². The van der Waals surface area contributed by atoms with Crippen LogP contribution in [0.3, 0.4) is 0 Å². The molecule has 3 aromatic rings. The predicted octanol–water partition coefficient (Wildman–Crippen LogP) is 3.74. The van der Waals surface area contributed by atoms with Gasteiger partial charge in [0, 0.05) is 39.7 Å². The standard InChI is InChI=1S/C29H34N6O4/c1-29(2)26-20(17-34(29)16-19-6-9-21(10-7-19)39-22-5-4-14-38-18-22)8-11-23(31-26)27-30-15-25(33(27)3)35-13-12-24(36)32-28(35)37/h6-11,15,22H,4-5,12-14,16-18H2,1-3H3,(H,32,36,37)/t22-/m1/s1. The van der Waals surface area contributed by atoms with Crippen LogP contribution >= 0.6 is 0 Å². The van der Waals surface area contributed by atoms with E-state index in [9.17, 15) is 9.59 Å². The van der Waals surface area contributed by atoms with Crippen LogP contribution < -0.4 is 15.0 Å². The number of aromatic nitrogens is 3. The Balaban J connectivity index is 1.17. The summed E-state index contributed by atoms with van der Waals surface area (Å²) in [6.45, 7) is 7.81. The van der Waals surface area contributed by atoms with Gasteiger partial charge >= 0.3 is 6.03 Å². The van der Waals surface area contributed by atoms with E-state index in [4.69, 9.17) is 14.5 Å². The highest BCUT2D eigenvalue weighted by Crippen LogP contribution is 2.40. The Kier molecular flexibility index (Phi) is 6.60. The van der Waals surface area contributed by atoms with Crippen LogP contribution in [0.1, 0.15) is 49.9 Å². The molecule has 0 unspecified atom stereocenters. The molecule has 5 heterocycles. The molecule has 39 heavy (non-hydrogen) atoms. The first-order chi connectivity index (χ1) is 18.8. The molecular formula is C29H34N6O4. The number of ether oxygens (including phenoxy) is 2. The Labute approximate surface area is 227 Å². The molecule has 1 atom stereocenters. The molecule has 6 rings (SSSR count). The lowest BCUT2D eigenvalue weighted by Crippen LogP contribution is -2.50. The van der Waals surface area contributed by atoms with E-state index in [0.717, 1.165) is 49.7 Å². The van der Waals surface area contributed by atoms with Gasteiger partial charge in [0.05, 0.1) is 24.0 Å². The molecule has 3 aliphatic heterocycles. The number of carbonyl (C=O) groups is 2. The number of nitrogens with one attached hydrogen (secondary N) is 1. The molecule has 0 saturated carbocycles.